The standard InChI is InChI=1S/C40H39N3O5/c44-29-22-20-28(21-23-29)36-40(30-18-10-11-19-31(30)41-39(40)47)32(37(45)42-24-12-2-1-3-13-25-42)34-38(46)48-35(27-16-8-5-9-17-27)33(43(34)36)26-14-6-4-7-15-26/h4-11,14-23,32-36,44H,1-3,12-13,24-25H2,(H,41,47). The van der Waals surface area contributed by atoms with E-state index in [0.29, 0.717) is 24.3 Å². The van der Waals surface area contributed by atoms with Crippen LogP contribution in [0.4, 0.5) is 5.69 Å². The summed E-state index contributed by atoms with van der Waals surface area (Å²) in [6.45, 7) is 1.16. The van der Waals surface area contributed by atoms with Crippen LogP contribution in [-0.2, 0) is 24.5 Å². The van der Waals surface area contributed by atoms with E-state index in [1.54, 1.807) is 12.1 Å². The molecule has 244 valence electrons. The summed E-state index contributed by atoms with van der Waals surface area (Å²) < 4.78 is 6.47. The molecule has 4 aromatic rings. The lowest BCUT2D eigenvalue weighted by molar-refractivity contribution is -0.179. The van der Waals surface area contributed by atoms with Gasteiger partial charge in [0.2, 0.25) is 11.8 Å². The zero-order chi connectivity index (χ0) is 32.8. The predicted molar refractivity (Wildman–Crippen MR) is 181 cm³/mol. The first-order chi connectivity index (χ1) is 23.5. The second-order valence-electron chi connectivity index (χ2n) is 13.4. The number of rotatable bonds is 4. The Morgan fingerprint density at radius 3 is 2.00 bits per heavy atom. The van der Waals surface area contributed by atoms with Crippen molar-refractivity contribution < 1.29 is 24.2 Å². The van der Waals surface area contributed by atoms with E-state index in [-0.39, 0.29) is 17.6 Å². The lowest BCUT2D eigenvalue weighted by atomic mass is 9.65. The summed E-state index contributed by atoms with van der Waals surface area (Å²) in [7, 11) is 0. The number of phenolic OH excluding ortho intramolecular Hbond substituents is 1. The Kier molecular flexibility index (Phi) is 7.76. The minimum Gasteiger partial charge on any atom is -0.508 e. The van der Waals surface area contributed by atoms with Gasteiger partial charge in [0.25, 0.3) is 0 Å². The van der Waals surface area contributed by atoms with Crippen LogP contribution in [0, 0.1) is 5.92 Å². The Labute approximate surface area is 280 Å². The third-order valence-electron chi connectivity index (χ3n) is 10.9. The highest BCUT2D eigenvalue weighted by Crippen LogP contribution is 2.65. The van der Waals surface area contributed by atoms with Crippen LogP contribution < -0.4 is 5.32 Å². The van der Waals surface area contributed by atoms with Crippen LogP contribution >= 0.6 is 0 Å². The second kappa shape index (κ2) is 12.3. The molecule has 6 unspecified atom stereocenters. The fraction of sp³-hybridized carbons (Fsp3) is 0.325. The number of anilines is 1. The number of amides is 2. The molecule has 8 rings (SSSR count). The van der Waals surface area contributed by atoms with Gasteiger partial charge in [0, 0.05) is 18.8 Å². The summed E-state index contributed by atoms with van der Waals surface area (Å²) in [5.74, 6) is -1.99. The molecule has 0 aliphatic carbocycles. The first-order valence-corrected chi connectivity index (χ1v) is 17.1. The second-order valence-corrected chi connectivity index (χ2v) is 13.4. The summed E-state index contributed by atoms with van der Waals surface area (Å²) in [5.41, 5.74) is 2.34. The van der Waals surface area contributed by atoms with Gasteiger partial charge in [-0.2, -0.15) is 0 Å². The first kappa shape index (κ1) is 30.4. The van der Waals surface area contributed by atoms with Crippen molar-refractivity contribution in [2.75, 3.05) is 18.4 Å². The molecule has 2 N–H and O–H groups in total. The molecule has 4 aliphatic heterocycles. The van der Waals surface area contributed by atoms with Crippen molar-refractivity contribution in [1.82, 2.24) is 9.80 Å². The van der Waals surface area contributed by atoms with Crippen molar-refractivity contribution in [2.24, 2.45) is 5.92 Å². The molecule has 6 atom stereocenters. The quantitative estimate of drug-likeness (QED) is 0.249. The number of nitrogens with one attached hydrogen (secondary N) is 1. The third-order valence-corrected chi connectivity index (χ3v) is 10.9. The number of hydrogen-bond acceptors (Lipinski definition) is 6. The van der Waals surface area contributed by atoms with Crippen LogP contribution in [0.3, 0.4) is 0 Å². The number of likely N-dealkylation sites (tertiary alicyclic amines) is 1. The molecule has 8 heteroatoms. The van der Waals surface area contributed by atoms with Gasteiger partial charge < -0.3 is 20.1 Å². The fourth-order valence-corrected chi connectivity index (χ4v) is 8.85. The van der Waals surface area contributed by atoms with E-state index < -0.39 is 41.5 Å². The van der Waals surface area contributed by atoms with Gasteiger partial charge in [0.05, 0.1) is 18.0 Å². The Bertz CT molecular complexity index is 1820. The smallest absolute Gasteiger partial charge is 0.324 e. The third kappa shape index (κ3) is 4.72. The van der Waals surface area contributed by atoms with Gasteiger partial charge >= 0.3 is 5.97 Å². The molecule has 3 fully saturated rings. The predicted octanol–water partition coefficient (Wildman–Crippen LogP) is 6.46. The highest BCUT2D eigenvalue weighted by Gasteiger charge is 2.74. The molecule has 0 radical (unpaired) electrons. The molecule has 1 spiro atoms. The van der Waals surface area contributed by atoms with Crippen molar-refractivity contribution in [3.63, 3.8) is 0 Å². The molecular formula is C40H39N3O5. The number of carbonyl (C=O) groups excluding carboxylic acids is 3. The Morgan fingerprint density at radius 2 is 1.31 bits per heavy atom. The minimum absolute atomic E-state index is 0.0895. The number of ether oxygens (including phenoxy) is 1. The number of hydrogen-bond donors (Lipinski definition) is 2. The Hall–Kier alpha value is -4.95. The highest BCUT2D eigenvalue weighted by atomic mass is 16.6. The van der Waals surface area contributed by atoms with Crippen LogP contribution in [0.15, 0.2) is 109 Å². The zero-order valence-corrected chi connectivity index (χ0v) is 26.7. The molecule has 4 aliphatic rings. The SMILES string of the molecule is O=C1OC(c2ccccc2)C(c2ccccc2)N2C1C(C(=O)N1CCCCCCC1)C1(C(=O)Nc3ccccc31)C2c1ccc(O)cc1. The Morgan fingerprint density at radius 1 is 0.708 bits per heavy atom. The summed E-state index contributed by atoms with van der Waals surface area (Å²) >= 11 is 0. The molecule has 0 saturated carbocycles. The number of esters is 1. The number of carbonyl (C=O) groups is 3. The van der Waals surface area contributed by atoms with Crippen molar-refractivity contribution >= 4 is 23.5 Å². The van der Waals surface area contributed by atoms with Gasteiger partial charge in [-0.25, -0.2) is 0 Å². The van der Waals surface area contributed by atoms with Gasteiger partial charge in [0.15, 0.2) is 0 Å². The maximum absolute atomic E-state index is 15.3. The van der Waals surface area contributed by atoms with Crippen LogP contribution in [0.5, 0.6) is 5.75 Å². The van der Waals surface area contributed by atoms with Crippen molar-refractivity contribution in [1.29, 1.82) is 0 Å². The average molecular weight is 642 g/mol. The maximum Gasteiger partial charge on any atom is 0.324 e. The number of phenols is 1. The number of morpholine rings is 1. The van der Waals surface area contributed by atoms with Gasteiger partial charge in [-0.1, -0.05) is 110 Å². The number of para-hydroxylation sites is 1. The van der Waals surface area contributed by atoms with E-state index in [1.165, 1.54) is 0 Å². The van der Waals surface area contributed by atoms with Crippen molar-refractivity contribution in [3.8, 4) is 5.75 Å². The molecule has 4 heterocycles. The summed E-state index contributed by atoms with van der Waals surface area (Å²) in [5, 5.41) is 13.5. The largest absolute Gasteiger partial charge is 0.508 e. The first-order valence-electron chi connectivity index (χ1n) is 17.1. The topological polar surface area (TPSA) is 99.2 Å². The van der Waals surface area contributed by atoms with E-state index >= 15 is 4.79 Å². The van der Waals surface area contributed by atoms with Crippen LogP contribution in [0.2, 0.25) is 0 Å². The highest BCUT2D eigenvalue weighted by molar-refractivity contribution is 6.12. The van der Waals surface area contributed by atoms with Crippen LogP contribution in [0.1, 0.15) is 72.5 Å². The van der Waals surface area contributed by atoms with Crippen molar-refractivity contribution in [2.45, 2.75) is 61.7 Å². The molecule has 0 bridgehead atoms. The fourth-order valence-electron chi connectivity index (χ4n) is 8.85. The molecule has 3 saturated heterocycles. The molecule has 8 nitrogen and oxygen atoms in total. The molecule has 2 amide bonds. The summed E-state index contributed by atoms with van der Waals surface area (Å²) in [6, 6.07) is 31.7. The molecular weight excluding hydrogens is 602 g/mol. The summed E-state index contributed by atoms with van der Waals surface area (Å²) in [6.07, 6.45) is 4.24. The monoisotopic (exact) mass is 641 g/mol. The van der Waals surface area contributed by atoms with E-state index in [2.05, 4.69) is 10.2 Å². The Balaban J connectivity index is 1.42. The maximum atomic E-state index is 15.3. The minimum atomic E-state index is -1.46. The van der Waals surface area contributed by atoms with E-state index in [0.717, 1.165) is 48.8 Å². The molecule has 0 aromatic heterocycles. The number of fused-ring (bicyclic) bond motifs is 3. The average Bonchev–Trinajstić information content (AvgIpc) is 3.58. The molecule has 48 heavy (non-hydrogen) atoms. The number of aromatic hydroxyl groups is 1. The van der Waals surface area contributed by atoms with E-state index in [1.807, 2.05) is 102 Å². The van der Waals surface area contributed by atoms with Gasteiger partial charge in [-0.05, 0) is 53.3 Å². The van der Waals surface area contributed by atoms with Gasteiger partial charge in [0.1, 0.15) is 23.3 Å². The normalized spacial score (nSPS) is 28.6. The van der Waals surface area contributed by atoms with Crippen LogP contribution in [-0.4, -0.2) is 51.8 Å². The van der Waals surface area contributed by atoms with Gasteiger partial charge in [-0.15, -0.1) is 0 Å². The van der Waals surface area contributed by atoms with Crippen molar-refractivity contribution in [3.05, 3.63) is 131 Å². The number of nitrogens with zero attached hydrogens (tertiary/aromatic N) is 2. The number of benzene rings is 4. The lowest BCUT2D eigenvalue weighted by Gasteiger charge is -2.46. The number of cyclic esters (lactones) is 1. The van der Waals surface area contributed by atoms with E-state index in [4.69, 9.17) is 4.74 Å². The zero-order valence-electron chi connectivity index (χ0n) is 26.7. The summed E-state index contributed by atoms with van der Waals surface area (Å²) in [4.78, 5) is 49.0. The van der Waals surface area contributed by atoms with Gasteiger partial charge in [-0.3, -0.25) is 19.3 Å². The van der Waals surface area contributed by atoms with Crippen LogP contribution in [0.25, 0.3) is 0 Å². The lowest BCUT2D eigenvalue weighted by Crippen LogP contribution is -2.55. The molecule has 4 aromatic carbocycles. The van der Waals surface area contributed by atoms with E-state index in [9.17, 15) is 14.7 Å².